The van der Waals surface area contributed by atoms with Crippen LogP contribution >= 0.6 is 24.8 Å². The summed E-state index contributed by atoms with van der Waals surface area (Å²) in [6.07, 6.45) is 2.24. The SMILES string of the molecule is CC(C(=O)N(C)C1CCN(C(C)C)CC1)C1CNC1.Cl.Cl. The summed E-state index contributed by atoms with van der Waals surface area (Å²) in [4.78, 5) is 17.0. The fourth-order valence-corrected chi connectivity index (χ4v) is 3.16. The normalized spacial score (nSPS) is 22.0. The summed E-state index contributed by atoms with van der Waals surface area (Å²) in [7, 11) is 2.00. The molecule has 2 fully saturated rings. The van der Waals surface area contributed by atoms with Crippen LogP contribution in [0.4, 0.5) is 0 Å². The second-order valence-corrected chi connectivity index (χ2v) is 6.52. The Labute approximate surface area is 141 Å². The van der Waals surface area contributed by atoms with Crippen molar-refractivity contribution in [3.63, 3.8) is 0 Å². The summed E-state index contributed by atoms with van der Waals surface area (Å²) >= 11 is 0. The van der Waals surface area contributed by atoms with Crippen molar-refractivity contribution in [3.05, 3.63) is 0 Å². The van der Waals surface area contributed by atoms with Crippen LogP contribution in [-0.2, 0) is 4.79 Å². The monoisotopic (exact) mass is 339 g/mol. The molecule has 2 saturated heterocycles. The number of carbonyl (C=O) groups is 1. The highest BCUT2D eigenvalue weighted by molar-refractivity contribution is 5.85. The van der Waals surface area contributed by atoms with Crippen LogP contribution in [0.5, 0.6) is 0 Å². The Morgan fingerprint density at radius 3 is 2.05 bits per heavy atom. The molecule has 1 atom stereocenters. The number of nitrogens with one attached hydrogen (secondary N) is 1. The summed E-state index contributed by atoms with van der Waals surface area (Å²) in [5, 5.41) is 3.26. The molecule has 0 aromatic heterocycles. The zero-order valence-corrected chi connectivity index (χ0v) is 15.3. The topological polar surface area (TPSA) is 35.6 Å². The van der Waals surface area contributed by atoms with Gasteiger partial charge < -0.3 is 15.1 Å². The van der Waals surface area contributed by atoms with Gasteiger partial charge in [0.05, 0.1) is 0 Å². The third-order valence-corrected chi connectivity index (χ3v) is 5.03. The molecule has 2 heterocycles. The Hall–Kier alpha value is -0.0300. The van der Waals surface area contributed by atoms with Crippen molar-refractivity contribution in [2.75, 3.05) is 33.2 Å². The molecule has 0 saturated carbocycles. The highest BCUT2D eigenvalue weighted by atomic mass is 35.5. The molecule has 1 amide bonds. The zero-order valence-electron chi connectivity index (χ0n) is 13.7. The van der Waals surface area contributed by atoms with E-state index < -0.39 is 0 Å². The van der Waals surface area contributed by atoms with E-state index in [9.17, 15) is 4.79 Å². The Bertz CT molecular complexity index is 316. The van der Waals surface area contributed by atoms with Crippen molar-refractivity contribution >= 4 is 30.7 Å². The van der Waals surface area contributed by atoms with Gasteiger partial charge in [-0.3, -0.25) is 4.79 Å². The molecule has 0 aliphatic carbocycles. The molecule has 2 rings (SSSR count). The lowest BCUT2D eigenvalue weighted by atomic mass is 9.87. The van der Waals surface area contributed by atoms with E-state index in [2.05, 4.69) is 31.0 Å². The fraction of sp³-hybridized carbons (Fsp3) is 0.933. The summed E-state index contributed by atoms with van der Waals surface area (Å²) in [6.45, 7) is 10.9. The van der Waals surface area contributed by atoms with E-state index >= 15 is 0 Å². The van der Waals surface area contributed by atoms with E-state index in [1.54, 1.807) is 0 Å². The molecule has 2 aliphatic rings. The Morgan fingerprint density at radius 2 is 1.67 bits per heavy atom. The average Bonchev–Trinajstić information content (AvgIpc) is 2.35. The highest BCUT2D eigenvalue weighted by Crippen LogP contribution is 2.22. The number of rotatable bonds is 4. The summed E-state index contributed by atoms with van der Waals surface area (Å²) in [5.41, 5.74) is 0. The number of likely N-dealkylation sites (tertiary alicyclic amines) is 1. The second kappa shape index (κ2) is 9.19. The zero-order chi connectivity index (χ0) is 14.0. The van der Waals surface area contributed by atoms with Crippen LogP contribution < -0.4 is 5.32 Å². The molecule has 0 aromatic carbocycles. The van der Waals surface area contributed by atoms with Crippen molar-refractivity contribution in [1.29, 1.82) is 0 Å². The molecule has 6 heteroatoms. The van der Waals surface area contributed by atoms with E-state index in [1.165, 1.54) is 0 Å². The maximum atomic E-state index is 12.5. The fourth-order valence-electron chi connectivity index (χ4n) is 3.16. The van der Waals surface area contributed by atoms with E-state index in [4.69, 9.17) is 0 Å². The first-order chi connectivity index (χ1) is 9.00. The van der Waals surface area contributed by atoms with Gasteiger partial charge in [-0.1, -0.05) is 6.92 Å². The Balaban J connectivity index is 0.00000200. The lowest BCUT2D eigenvalue weighted by molar-refractivity contribution is -0.139. The van der Waals surface area contributed by atoms with Crippen LogP contribution in [0.25, 0.3) is 0 Å². The number of amides is 1. The number of nitrogens with zero attached hydrogens (tertiary/aromatic N) is 2. The first-order valence-corrected chi connectivity index (χ1v) is 7.72. The minimum absolute atomic E-state index is 0. The van der Waals surface area contributed by atoms with Gasteiger partial charge >= 0.3 is 0 Å². The molecule has 0 aromatic rings. The third kappa shape index (κ3) is 4.98. The van der Waals surface area contributed by atoms with Crippen LogP contribution in [0.15, 0.2) is 0 Å². The Morgan fingerprint density at radius 1 is 1.14 bits per heavy atom. The molecule has 2 aliphatic heterocycles. The first-order valence-electron chi connectivity index (χ1n) is 7.72. The van der Waals surface area contributed by atoms with E-state index in [0.29, 0.717) is 23.9 Å². The van der Waals surface area contributed by atoms with Crippen LogP contribution in [0, 0.1) is 11.8 Å². The molecular weight excluding hydrogens is 309 g/mol. The van der Waals surface area contributed by atoms with Gasteiger partial charge in [-0.05, 0) is 45.7 Å². The molecule has 21 heavy (non-hydrogen) atoms. The molecule has 0 radical (unpaired) electrons. The van der Waals surface area contributed by atoms with Gasteiger partial charge in [0.15, 0.2) is 0 Å². The number of piperidine rings is 1. The number of halogens is 2. The van der Waals surface area contributed by atoms with Crippen LogP contribution in [-0.4, -0.2) is 61.0 Å². The van der Waals surface area contributed by atoms with Crippen molar-refractivity contribution in [2.24, 2.45) is 11.8 Å². The standard InChI is InChI=1S/C15H29N3O.2ClH/c1-11(2)18-7-5-14(6-8-18)17(4)15(19)12(3)13-9-16-10-13;;/h11-14,16H,5-10H2,1-4H3;2*1H. The summed E-state index contributed by atoms with van der Waals surface area (Å²) in [6, 6.07) is 1.07. The number of hydrogen-bond donors (Lipinski definition) is 1. The van der Waals surface area contributed by atoms with E-state index in [1.807, 2.05) is 11.9 Å². The number of hydrogen-bond acceptors (Lipinski definition) is 3. The molecule has 1 N–H and O–H groups in total. The number of carbonyl (C=O) groups excluding carboxylic acids is 1. The Kier molecular flexibility index (Phi) is 9.17. The molecular formula is C15H31Cl2N3O. The lowest BCUT2D eigenvalue weighted by Crippen LogP contribution is -2.53. The van der Waals surface area contributed by atoms with Gasteiger partial charge in [0.1, 0.15) is 0 Å². The van der Waals surface area contributed by atoms with Crippen LogP contribution in [0.3, 0.4) is 0 Å². The van der Waals surface area contributed by atoms with E-state index in [-0.39, 0.29) is 30.7 Å². The molecule has 1 unspecified atom stereocenters. The van der Waals surface area contributed by atoms with Gasteiger partial charge in [0, 0.05) is 38.1 Å². The van der Waals surface area contributed by atoms with Crippen molar-refractivity contribution < 1.29 is 4.79 Å². The molecule has 0 bridgehead atoms. The van der Waals surface area contributed by atoms with Crippen LogP contribution in [0.1, 0.15) is 33.6 Å². The second-order valence-electron chi connectivity index (χ2n) is 6.52. The van der Waals surface area contributed by atoms with Crippen LogP contribution in [0.2, 0.25) is 0 Å². The smallest absolute Gasteiger partial charge is 0.225 e. The van der Waals surface area contributed by atoms with Gasteiger partial charge in [-0.2, -0.15) is 0 Å². The maximum absolute atomic E-state index is 12.5. The highest BCUT2D eigenvalue weighted by Gasteiger charge is 2.33. The van der Waals surface area contributed by atoms with Gasteiger partial charge in [-0.25, -0.2) is 0 Å². The third-order valence-electron chi connectivity index (χ3n) is 5.03. The van der Waals surface area contributed by atoms with Crippen molar-refractivity contribution in [2.45, 2.75) is 45.7 Å². The largest absolute Gasteiger partial charge is 0.342 e. The van der Waals surface area contributed by atoms with Gasteiger partial charge in [0.25, 0.3) is 0 Å². The molecule has 4 nitrogen and oxygen atoms in total. The predicted molar refractivity (Wildman–Crippen MR) is 92.5 cm³/mol. The molecule has 126 valence electrons. The van der Waals surface area contributed by atoms with E-state index in [0.717, 1.165) is 39.0 Å². The summed E-state index contributed by atoms with van der Waals surface area (Å²) < 4.78 is 0. The van der Waals surface area contributed by atoms with Gasteiger partial charge in [0.2, 0.25) is 5.91 Å². The van der Waals surface area contributed by atoms with Crippen molar-refractivity contribution in [1.82, 2.24) is 15.1 Å². The lowest BCUT2D eigenvalue weighted by Gasteiger charge is -2.41. The molecule has 0 spiro atoms. The minimum atomic E-state index is 0. The summed E-state index contributed by atoms with van der Waals surface area (Å²) in [5.74, 6) is 1.06. The average molecular weight is 340 g/mol. The van der Waals surface area contributed by atoms with Gasteiger partial charge in [-0.15, -0.1) is 24.8 Å². The first kappa shape index (κ1) is 21.0. The van der Waals surface area contributed by atoms with Crippen molar-refractivity contribution in [3.8, 4) is 0 Å². The minimum Gasteiger partial charge on any atom is -0.342 e. The predicted octanol–water partition coefficient (Wildman–Crippen LogP) is 2.02. The quantitative estimate of drug-likeness (QED) is 0.851. The maximum Gasteiger partial charge on any atom is 0.225 e.